The maximum absolute atomic E-state index is 13.0. The van der Waals surface area contributed by atoms with Crippen LogP contribution in [0.1, 0.15) is 61.0 Å². The molecule has 3 aromatic rings. The molecule has 2 N–H and O–H groups in total. The van der Waals surface area contributed by atoms with Gasteiger partial charge in [-0.25, -0.2) is 0 Å². The summed E-state index contributed by atoms with van der Waals surface area (Å²) in [4.78, 5) is 25.3. The van der Waals surface area contributed by atoms with Crippen LogP contribution in [0.25, 0.3) is 22.2 Å². The normalized spacial score (nSPS) is 19.7. The van der Waals surface area contributed by atoms with Gasteiger partial charge in [-0.3, -0.25) is 14.7 Å². The lowest BCUT2D eigenvalue weighted by Crippen LogP contribution is -2.52. The number of fused-ring (bicyclic) bond motifs is 1. The minimum atomic E-state index is -0.0802. The molecule has 1 atom stereocenters. The maximum atomic E-state index is 13.0. The molecule has 0 bridgehead atoms. The van der Waals surface area contributed by atoms with Crippen molar-refractivity contribution in [1.82, 2.24) is 19.8 Å². The molecule has 198 valence electrons. The standard InChI is InChI=1S/C30H40N4O3/c1-19(2)29-26-15-23(5-6-27(26)32-30(29)24-13-20(3)31-21(4)14-24)22-7-9-33(10-8-22)28(36)16-34-11-12-37-18-25(34)17-35/h5-6,13-15,19,22,25,32,35H,7-12,16-18H2,1-4H3/t25-/m0/s1. The van der Waals surface area contributed by atoms with E-state index in [1.54, 1.807) is 0 Å². The van der Waals surface area contributed by atoms with E-state index in [9.17, 15) is 9.90 Å². The summed E-state index contributed by atoms with van der Waals surface area (Å²) in [6.07, 6.45) is 1.95. The molecule has 37 heavy (non-hydrogen) atoms. The van der Waals surface area contributed by atoms with Gasteiger partial charge in [0.05, 0.1) is 38.1 Å². The van der Waals surface area contributed by atoms with E-state index in [4.69, 9.17) is 4.74 Å². The van der Waals surface area contributed by atoms with Gasteiger partial charge in [0.1, 0.15) is 0 Å². The highest BCUT2D eigenvalue weighted by atomic mass is 16.5. The van der Waals surface area contributed by atoms with Gasteiger partial charge in [-0.05, 0) is 73.9 Å². The molecule has 0 saturated carbocycles. The number of hydrogen-bond acceptors (Lipinski definition) is 5. The lowest BCUT2D eigenvalue weighted by atomic mass is 9.87. The topological polar surface area (TPSA) is 81.7 Å². The molecule has 0 unspecified atom stereocenters. The molecular weight excluding hydrogens is 464 g/mol. The summed E-state index contributed by atoms with van der Waals surface area (Å²) in [5.41, 5.74) is 8.35. The van der Waals surface area contributed by atoms with Crippen LogP contribution in [0.3, 0.4) is 0 Å². The third kappa shape index (κ3) is 5.44. The highest BCUT2D eigenvalue weighted by Gasteiger charge is 2.29. The number of aryl methyl sites for hydroxylation is 2. The molecule has 1 aromatic carbocycles. The van der Waals surface area contributed by atoms with E-state index in [0.29, 0.717) is 38.1 Å². The first-order valence-electron chi connectivity index (χ1n) is 13.7. The molecule has 2 aliphatic rings. The van der Waals surface area contributed by atoms with Crippen LogP contribution in [0.5, 0.6) is 0 Å². The van der Waals surface area contributed by atoms with Crippen molar-refractivity contribution in [3.8, 4) is 11.3 Å². The largest absolute Gasteiger partial charge is 0.395 e. The van der Waals surface area contributed by atoms with Gasteiger partial charge in [0.15, 0.2) is 0 Å². The van der Waals surface area contributed by atoms with Crippen LogP contribution in [0.4, 0.5) is 0 Å². The monoisotopic (exact) mass is 504 g/mol. The molecule has 2 saturated heterocycles. The third-order valence-electron chi connectivity index (χ3n) is 8.03. The van der Waals surface area contributed by atoms with Gasteiger partial charge < -0.3 is 19.7 Å². The predicted octanol–water partition coefficient (Wildman–Crippen LogP) is 4.37. The summed E-state index contributed by atoms with van der Waals surface area (Å²) >= 11 is 0. The fourth-order valence-corrected chi connectivity index (χ4v) is 6.09. The van der Waals surface area contributed by atoms with Crippen molar-refractivity contribution >= 4 is 16.8 Å². The van der Waals surface area contributed by atoms with Gasteiger partial charge in [-0.2, -0.15) is 0 Å². The van der Waals surface area contributed by atoms with Crippen LogP contribution < -0.4 is 0 Å². The minimum absolute atomic E-state index is 0.0252. The second-order valence-corrected chi connectivity index (χ2v) is 11.0. The highest BCUT2D eigenvalue weighted by molar-refractivity contribution is 5.92. The number of benzene rings is 1. The Morgan fingerprint density at radius 1 is 1.14 bits per heavy atom. The van der Waals surface area contributed by atoms with Crippen molar-refractivity contribution < 1.29 is 14.6 Å². The van der Waals surface area contributed by atoms with E-state index in [1.165, 1.54) is 33.3 Å². The Morgan fingerprint density at radius 3 is 2.54 bits per heavy atom. The number of likely N-dealkylation sites (tertiary alicyclic amines) is 1. The average Bonchev–Trinajstić information content (AvgIpc) is 3.28. The number of aromatic nitrogens is 2. The van der Waals surface area contributed by atoms with Gasteiger partial charge in [0.2, 0.25) is 5.91 Å². The first-order valence-corrected chi connectivity index (χ1v) is 13.7. The number of aromatic amines is 1. The molecule has 0 radical (unpaired) electrons. The van der Waals surface area contributed by atoms with E-state index >= 15 is 0 Å². The quantitative estimate of drug-likeness (QED) is 0.521. The fourth-order valence-electron chi connectivity index (χ4n) is 6.09. The van der Waals surface area contributed by atoms with E-state index in [1.807, 2.05) is 4.90 Å². The molecule has 1 amide bonds. The number of nitrogens with one attached hydrogen (secondary N) is 1. The van der Waals surface area contributed by atoms with E-state index in [-0.39, 0.29) is 18.6 Å². The van der Waals surface area contributed by atoms with E-state index in [2.05, 4.69) is 72.9 Å². The van der Waals surface area contributed by atoms with Crippen LogP contribution in [0.2, 0.25) is 0 Å². The van der Waals surface area contributed by atoms with Crippen LogP contribution in [0, 0.1) is 13.8 Å². The number of amides is 1. The average molecular weight is 505 g/mol. The number of nitrogens with zero attached hydrogens (tertiary/aromatic N) is 3. The summed E-state index contributed by atoms with van der Waals surface area (Å²) in [6.45, 7) is 12.4. The van der Waals surface area contributed by atoms with Crippen molar-refractivity contribution in [3.63, 3.8) is 0 Å². The molecule has 7 nitrogen and oxygen atoms in total. The fraction of sp³-hybridized carbons (Fsp3) is 0.533. The number of rotatable bonds is 6. The van der Waals surface area contributed by atoms with Gasteiger partial charge in [-0.15, -0.1) is 0 Å². The molecule has 0 aliphatic carbocycles. The molecule has 4 heterocycles. The van der Waals surface area contributed by atoms with E-state index < -0.39 is 0 Å². The molecule has 2 fully saturated rings. The van der Waals surface area contributed by atoms with Gasteiger partial charge in [0, 0.05) is 47.5 Å². The van der Waals surface area contributed by atoms with Gasteiger partial charge in [0.25, 0.3) is 0 Å². The van der Waals surface area contributed by atoms with Crippen molar-refractivity contribution in [1.29, 1.82) is 0 Å². The van der Waals surface area contributed by atoms with Crippen molar-refractivity contribution in [2.24, 2.45) is 0 Å². The molecule has 2 aromatic heterocycles. The number of ether oxygens (including phenoxy) is 1. The van der Waals surface area contributed by atoms with Crippen molar-refractivity contribution in [3.05, 3.63) is 52.8 Å². The second-order valence-electron chi connectivity index (χ2n) is 11.0. The Labute approximate surface area is 219 Å². The van der Waals surface area contributed by atoms with Crippen molar-refractivity contribution in [2.75, 3.05) is 46.0 Å². The van der Waals surface area contributed by atoms with Crippen LogP contribution in [-0.4, -0.2) is 82.8 Å². The van der Waals surface area contributed by atoms with Gasteiger partial charge >= 0.3 is 0 Å². The number of carbonyl (C=O) groups is 1. The number of aliphatic hydroxyl groups excluding tert-OH is 1. The van der Waals surface area contributed by atoms with Gasteiger partial charge in [-0.1, -0.05) is 19.9 Å². The zero-order chi connectivity index (χ0) is 26.1. The lowest BCUT2D eigenvalue weighted by molar-refractivity contribution is -0.136. The Hall–Kier alpha value is -2.74. The summed E-state index contributed by atoms with van der Waals surface area (Å²) in [6, 6.07) is 11.1. The molecule has 7 heteroatoms. The van der Waals surface area contributed by atoms with E-state index in [0.717, 1.165) is 37.3 Å². The maximum Gasteiger partial charge on any atom is 0.236 e. The first-order chi connectivity index (χ1) is 17.8. The summed E-state index contributed by atoms with van der Waals surface area (Å²) in [5.74, 6) is 0.996. The van der Waals surface area contributed by atoms with Crippen molar-refractivity contribution in [2.45, 2.75) is 58.4 Å². The molecule has 5 rings (SSSR count). The number of aliphatic hydroxyl groups is 1. The van der Waals surface area contributed by atoms with Crippen LogP contribution in [-0.2, 0) is 9.53 Å². The SMILES string of the molecule is Cc1cc(-c2[nH]c3ccc(C4CCN(C(=O)CN5CCOC[C@@H]5CO)CC4)cc3c2C(C)C)cc(C)n1. The zero-order valence-electron chi connectivity index (χ0n) is 22.6. The molecular formula is C30H40N4O3. The Kier molecular flexibility index (Phi) is 7.65. The van der Waals surface area contributed by atoms with Crippen LogP contribution >= 0.6 is 0 Å². The first kappa shape index (κ1) is 25.9. The number of carbonyl (C=O) groups excluding carboxylic acids is 1. The Balaban J connectivity index is 1.32. The Morgan fingerprint density at radius 2 is 1.86 bits per heavy atom. The zero-order valence-corrected chi connectivity index (χ0v) is 22.6. The van der Waals surface area contributed by atoms with Crippen LogP contribution in [0.15, 0.2) is 30.3 Å². The summed E-state index contributed by atoms with van der Waals surface area (Å²) in [7, 11) is 0. The molecule has 0 spiro atoms. The minimum Gasteiger partial charge on any atom is -0.395 e. The Bertz CT molecular complexity index is 1240. The second kappa shape index (κ2) is 10.9. The smallest absolute Gasteiger partial charge is 0.236 e. The highest BCUT2D eigenvalue weighted by Crippen LogP contribution is 2.38. The predicted molar refractivity (Wildman–Crippen MR) is 147 cm³/mol. The number of piperidine rings is 1. The number of hydrogen-bond donors (Lipinski definition) is 2. The lowest BCUT2D eigenvalue weighted by Gasteiger charge is -2.37. The number of pyridine rings is 1. The number of morpholine rings is 1. The summed E-state index contributed by atoms with van der Waals surface area (Å²) < 4.78 is 5.45. The number of H-pyrrole nitrogens is 1. The summed E-state index contributed by atoms with van der Waals surface area (Å²) in [5, 5.41) is 10.9. The molecule has 2 aliphatic heterocycles. The third-order valence-corrected chi connectivity index (χ3v) is 8.03.